The normalized spacial score (nSPS) is 20.5. The summed E-state index contributed by atoms with van der Waals surface area (Å²) >= 11 is 0. The number of ether oxygens (including phenoxy) is 3. The minimum Gasteiger partial charge on any atom is -0.490 e. The molecule has 1 unspecified atom stereocenters. The molecule has 1 heterocycles. The number of rotatable bonds is 4. The van der Waals surface area contributed by atoms with Crippen molar-refractivity contribution < 1.29 is 19.3 Å². The number of aliphatic hydroxyl groups excluding tert-OH is 1. The molecule has 1 N–H and O–H groups in total. The van der Waals surface area contributed by atoms with Crippen LogP contribution in [0.5, 0.6) is 5.75 Å². The second-order valence-corrected chi connectivity index (χ2v) is 3.35. The number of aliphatic hydroxyl groups is 1. The van der Waals surface area contributed by atoms with Gasteiger partial charge in [-0.25, -0.2) is 0 Å². The van der Waals surface area contributed by atoms with Gasteiger partial charge in [0.05, 0.1) is 13.2 Å². The molecular weight excluding hydrogens is 196 g/mol. The van der Waals surface area contributed by atoms with Gasteiger partial charge in [0.1, 0.15) is 25.3 Å². The monoisotopic (exact) mass is 210 g/mol. The first-order valence-corrected chi connectivity index (χ1v) is 4.91. The molecule has 0 radical (unpaired) electrons. The molecule has 1 aromatic carbocycles. The molecule has 1 atom stereocenters. The minimum absolute atomic E-state index is 0.00301. The Morgan fingerprint density at radius 3 is 3.00 bits per heavy atom. The zero-order valence-electron chi connectivity index (χ0n) is 8.39. The standard InChI is InChI=1S/C11H14O4/c12-5-9-3-1-2-4-11(9)14-7-10-6-13-8-15-10/h1-4,10,12H,5-8H2. The predicted molar refractivity (Wildman–Crippen MR) is 53.6 cm³/mol. The van der Waals surface area contributed by atoms with Crippen LogP contribution in [0.2, 0.25) is 0 Å². The van der Waals surface area contributed by atoms with Crippen molar-refractivity contribution in [2.75, 3.05) is 20.0 Å². The Labute approximate surface area is 88.4 Å². The van der Waals surface area contributed by atoms with E-state index in [2.05, 4.69) is 0 Å². The van der Waals surface area contributed by atoms with E-state index in [-0.39, 0.29) is 12.7 Å². The number of para-hydroxylation sites is 1. The zero-order valence-corrected chi connectivity index (χ0v) is 8.39. The lowest BCUT2D eigenvalue weighted by Gasteiger charge is -2.12. The van der Waals surface area contributed by atoms with Crippen molar-refractivity contribution >= 4 is 0 Å². The van der Waals surface area contributed by atoms with Crippen LogP contribution in [-0.2, 0) is 16.1 Å². The van der Waals surface area contributed by atoms with Crippen molar-refractivity contribution in [2.45, 2.75) is 12.7 Å². The third-order valence-electron chi connectivity index (χ3n) is 2.26. The average molecular weight is 210 g/mol. The molecule has 4 heteroatoms. The van der Waals surface area contributed by atoms with Gasteiger partial charge in [0.2, 0.25) is 0 Å². The van der Waals surface area contributed by atoms with Crippen LogP contribution in [0.1, 0.15) is 5.56 Å². The lowest BCUT2D eigenvalue weighted by molar-refractivity contribution is 0.0317. The van der Waals surface area contributed by atoms with Gasteiger partial charge in [-0.3, -0.25) is 0 Å². The van der Waals surface area contributed by atoms with Crippen LogP contribution < -0.4 is 4.74 Å². The highest BCUT2D eigenvalue weighted by atomic mass is 16.7. The second kappa shape index (κ2) is 5.11. The molecule has 0 saturated carbocycles. The lowest BCUT2D eigenvalue weighted by Crippen LogP contribution is -2.20. The van der Waals surface area contributed by atoms with Gasteiger partial charge in [0.15, 0.2) is 0 Å². The Hall–Kier alpha value is -1.10. The minimum atomic E-state index is -0.0157. The van der Waals surface area contributed by atoms with Crippen molar-refractivity contribution in [1.82, 2.24) is 0 Å². The van der Waals surface area contributed by atoms with Gasteiger partial charge in [-0.05, 0) is 6.07 Å². The topological polar surface area (TPSA) is 47.9 Å². The molecule has 2 rings (SSSR count). The summed E-state index contributed by atoms with van der Waals surface area (Å²) in [5.74, 6) is 0.704. The van der Waals surface area contributed by atoms with Crippen LogP contribution in [0.15, 0.2) is 24.3 Å². The van der Waals surface area contributed by atoms with E-state index in [1.807, 2.05) is 24.3 Å². The third kappa shape index (κ3) is 2.68. The smallest absolute Gasteiger partial charge is 0.147 e. The van der Waals surface area contributed by atoms with Crippen LogP contribution in [0.25, 0.3) is 0 Å². The predicted octanol–water partition coefficient (Wildman–Crippen LogP) is 0.931. The van der Waals surface area contributed by atoms with E-state index in [4.69, 9.17) is 19.3 Å². The molecule has 15 heavy (non-hydrogen) atoms. The summed E-state index contributed by atoms with van der Waals surface area (Å²) in [5.41, 5.74) is 0.788. The number of benzene rings is 1. The Bertz CT molecular complexity index is 307. The van der Waals surface area contributed by atoms with Crippen LogP contribution in [0, 0.1) is 0 Å². The molecule has 0 amide bonds. The van der Waals surface area contributed by atoms with Gasteiger partial charge in [0, 0.05) is 5.56 Å². The molecule has 0 spiro atoms. The molecule has 1 aromatic rings. The summed E-state index contributed by atoms with van der Waals surface area (Å²) < 4.78 is 15.8. The lowest BCUT2D eigenvalue weighted by atomic mass is 10.2. The summed E-state index contributed by atoms with van der Waals surface area (Å²) in [6.45, 7) is 1.35. The molecule has 1 aliphatic rings. The molecule has 1 saturated heterocycles. The molecular formula is C11H14O4. The van der Waals surface area contributed by atoms with Crippen LogP contribution >= 0.6 is 0 Å². The van der Waals surface area contributed by atoms with E-state index < -0.39 is 0 Å². The summed E-state index contributed by atoms with van der Waals surface area (Å²) in [6, 6.07) is 7.41. The van der Waals surface area contributed by atoms with Gasteiger partial charge in [-0.2, -0.15) is 0 Å². The fourth-order valence-electron chi connectivity index (χ4n) is 1.43. The Balaban J connectivity index is 1.91. The quantitative estimate of drug-likeness (QED) is 0.803. The van der Waals surface area contributed by atoms with Gasteiger partial charge in [-0.1, -0.05) is 18.2 Å². The summed E-state index contributed by atoms with van der Waals surface area (Å²) in [6.07, 6.45) is -0.00301. The van der Waals surface area contributed by atoms with E-state index in [1.165, 1.54) is 0 Å². The van der Waals surface area contributed by atoms with Gasteiger partial charge in [0.25, 0.3) is 0 Å². The van der Waals surface area contributed by atoms with Crippen LogP contribution in [-0.4, -0.2) is 31.2 Å². The Kier molecular flexibility index (Phi) is 3.55. The van der Waals surface area contributed by atoms with Crippen LogP contribution in [0.3, 0.4) is 0 Å². The fourth-order valence-corrected chi connectivity index (χ4v) is 1.43. The molecule has 82 valence electrons. The Morgan fingerprint density at radius 2 is 2.27 bits per heavy atom. The molecule has 0 bridgehead atoms. The van der Waals surface area contributed by atoms with Crippen molar-refractivity contribution in [3.63, 3.8) is 0 Å². The number of hydrogen-bond donors (Lipinski definition) is 1. The van der Waals surface area contributed by atoms with Gasteiger partial charge >= 0.3 is 0 Å². The van der Waals surface area contributed by atoms with E-state index in [9.17, 15) is 0 Å². The molecule has 0 aliphatic carbocycles. The summed E-state index contributed by atoms with van der Waals surface area (Å²) in [4.78, 5) is 0. The second-order valence-electron chi connectivity index (χ2n) is 3.35. The number of hydrogen-bond acceptors (Lipinski definition) is 4. The van der Waals surface area contributed by atoms with E-state index in [0.717, 1.165) is 5.56 Å². The largest absolute Gasteiger partial charge is 0.490 e. The Morgan fingerprint density at radius 1 is 1.40 bits per heavy atom. The van der Waals surface area contributed by atoms with Crippen molar-refractivity contribution in [2.24, 2.45) is 0 Å². The van der Waals surface area contributed by atoms with Gasteiger partial charge < -0.3 is 19.3 Å². The summed E-state index contributed by atoms with van der Waals surface area (Å²) in [5, 5.41) is 9.07. The van der Waals surface area contributed by atoms with E-state index >= 15 is 0 Å². The molecule has 0 aromatic heterocycles. The maximum Gasteiger partial charge on any atom is 0.147 e. The highest BCUT2D eigenvalue weighted by molar-refractivity contribution is 5.32. The molecule has 4 nitrogen and oxygen atoms in total. The first kappa shape index (κ1) is 10.4. The fraction of sp³-hybridized carbons (Fsp3) is 0.455. The van der Waals surface area contributed by atoms with Gasteiger partial charge in [-0.15, -0.1) is 0 Å². The van der Waals surface area contributed by atoms with E-state index in [0.29, 0.717) is 25.8 Å². The highest BCUT2D eigenvalue weighted by Crippen LogP contribution is 2.18. The van der Waals surface area contributed by atoms with Crippen molar-refractivity contribution in [3.8, 4) is 5.75 Å². The summed E-state index contributed by atoms with van der Waals surface area (Å²) in [7, 11) is 0. The molecule has 1 aliphatic heterocycles. The first-order chi connectivity index (χ1) is 7.40. The van der Waals surface area contributed by atoms with Crippen LogP contribution in [0.4, 0.5) is 0 Å². The zero-order chi connectivity index (χ0) is 10.5. The first-order valence-electron chi connectivity index (χ1n) is 4.91. The molecule has 1 fully saturated rings. The maximum atomic E-state index is 9.07. The SMILES string of the molecule is OCc1ccccc1OCC1COCO1. The van der Waals surface area contributed by atoms with E-state index in [1.54, 1.807) is 0 Å². The van der Waals surface area contributed by atoms with Crippen molar-refractivity contribution in [3.05, 3.63) is 29.8 Å². The highest BCUT2D eigenvalue weighted by Gasteiger charge is 2.17. The average Bonchev–Trinajstić information content (AvgIpc) is 2.79. The van der Waals surface area contributed by atoms with Crippen molar-refractivity contribution in [1.29, 1.82) is 0 Å². The third-order valence-corrected chi connectivity index (χ3v) is 2.26. The maximum absolute atomic E-state index is 9.07.